The summed E-state index contributed by atoms with van der Waals surface area (Å²) >= 11 is 0. The standard InChI is InChI=1S/C27H27N3O4/c1-4-34-25-15-20(11-14-24(25)33-3)16-28-26(31)21-12-9-19(10-13-21)17-30-23-8-6-5-7-22(23)29-18(2)27(30)32/h5-15H,4,16-17H2,1-3H3,(H,28,31). The molecule has 0 aliphatic carbocycles. The molecule has 0 atom stereocenters. The molecule has 0 radical (unpaired) electrons. The van der Waals surface area contributed by atoms with E-state index in [9.17, 15) is 9.59 Å². The van der Waals surface area contributed by atoms with Crippen molar-refractivity contribution in [3.8, 4) is 11.5 Å². The summed E-state index contributed by atoms with van der Waals surface area (Å²) in [7, 11) is 1.59. The Morgan fingerprint density at radius 2 is 1.74 bits per heavy atom. The fraction of sp³-hybridized carbons (Fsp3) is 0.222. The van der Waals surface area contributed by atoms with Gasteiger partial charge in [0.05, 0.1) is 31.3 Å². The summed E-state index contributed by atoms with van der Waals surface area (Å²) in [5.41, 5.74) is 4.28. The average Bonchev–Trinajstić information content (AvgIpc) is 2.86. The van der Waals surface area contributed by atoms with Crippen molar-refractivity contribution in [1.29, 1.82) is 0 Å². The molecule has 0 unspecified atom stereocenters. The molecule has 4 rings (SSSR count). The van der Waals surface area contributed by atoms with Crippen molar-refractivity contribution in [3.63, 3.8) is 0 Å². The molecule has 7 heteroatoms. The first-order valence-corrected chi connectivity index (χ1v) is 11.1. The Bertz CT molecular complexity index is 1380. The van der Waals surface area contributed by atoms with Crippen LogP contribution < -0.4 is 20.3 Å². The van der Waals surface area contributed by atoms with Gasteiger partial charge in [-0.2, -0.15) is 0 Å². The summed E-state index contributed by atoms with van der Waals surface area (Å²) in [6.45, 7) is 4.92. The van der Waals surface area contributed by atoms with Gasteiger partial charge in [0.25, 0.3) is 11.5 Å². The van der Waals surface area contributed by atoms with Gasteiger partial charge in [-0.3, -0.25) is 9.59 Å². The molecule has 0 spiro atoms. The highest BCUT2D eigenvalue weighted by atomic mass is 16.5. The number of fused-ring (bicyclic) bond motifs is 1. The quantitative estimate of drug-likeness (QED) is 0.431. The predicted octanol–water partition coefficient (Wildman–Crippen LogP) is 4.09. The lowest BCUT2D eigenvalue weighted by Gasteiger charge is -2.12. The first-order valence-electron chi connectivity index (χ1n) is 11.1. The van der Waals surface area contributed by atoms with Gasteiger partial charge >= 0.3 is 0 Å². The summed E-state index contributed by atoms with van der Waals surface area (Å²) < 4.78 is 12.6. The number of ether oxygens (including phenoxy) is 2. The Morgan fingerprint density at radius 3 is 2.47 bits per heavy atom. The number of aryl methyl sites for hydroxylation is 1. The number of methoxy groups -OCH3 is 1. The molecule has 0 saturated carbocycles. The lowest BCUT2D eigenvalue weighted by atomic mass is 10.1. The first kappa shape index (κ1) is 23.0. The van der Waals surface area contributed by atoms with Crippen LogP contribution in [0.4, 0.5) is 0 Å². The Labute approximate surface area is 198 Å². The SMILES string of the molecule is CCOc1cc(CNC(=O)c2ccc(Cn3c(=O)c(C)nc4ccccc43)cc2)ccc1OC. The molecule has 174 valence electrons. The van der Waals surface area contributed by atoms with Crippen molar-refractivity contribution in [2.45, 2.75) is 26.9 Å². The zero-order valence-corrected chi connectivity index (χ0v) is 19.5. The molecular formula is C27H27N3O4. The van der Waals surface area contributed by atoms with E-state index in [0.29, 0.717) is 42.5 Å². The molecule has 0 bridgehead atoms. The Hall–Kier alpha value is -4.13. The molecule has 3 aromatic carbocycles. The van der Waals surface area contributed by atoms with Crippen LogP contribution >= 0.6 is 0 Å². The van der Waals surface area contributed by atoms with Gasteiger partial charge < -0.3 is 19.4 Å². The third-order valence-corrected chi connectivity index (χ3v) is 5.55. The van der Waals surface area contributed by atoms with Crippen LogP contribution in [0.25, 0.3) is 11.0 Å². The number of nitrogens with one attached hydrogen (secondary N) is 1. The zero-order valence-electron chi connectivity index (χ0n) is 19.5. The highest BCUT2D eigenvalue weighted by Crippen LogP contribution is 2.28. The van der Waals surface area contributed by atoms with Crippen LogP contribution in [0.2, 0.25) is 0 Å². The van der Waals surface area contributed by atoms with Gasteiger partial charge in [0, 0.05) is 12.1 Å². The Balaban J connectivity index is 1.46. The second kappa shape index (κ2) is 10.2. The largest absolute Gasteiger partial charge is 0.493 e. The van der Waals surface area contributed by atoms with Crippen LogP contribution in [0, 0.1) is 6.92 Å². The molecule has 1 heterocycles. The number of para-hydroxylation sites is 2. The summed E-state index contributed by atoms with van der Waals surface area (Å²) in [4.78, 5) is 29.8. The summed E-state index contributed by atoms with van der Waals surface area (Å²) in [5, 5.41) is 2.93. The number of carbonyl (C=O) groups is 1. The summed E-state index contributed by atoms with van der Waals surface area (Å²) in [6.07, 6.45) is 0. The van der Waals surface area contributed by atoms with Crippen molar-refractivity contribution < 1.29 is 14.3 Å². The van der Waals surface area contributed by atoms with Gasteiger partial charge in [-0.25, -0.2) is 4.98 Å². The lowest BCUT2D eigenvalue weighted by molar-refractivity contribution is 0.0951. The topological polar surface area (TPSA) is 82.5 Å². The maximum absolute atomic E-state index is 12.7. The van der Waals surface area contributed by atoms with Gasteiger partial charge in [0.15, 0.2) is 11.5 Å². The fourth-order valence-corrected chi connectivity index (χ4v) is 3.81. The molecule has 0 fully saturated rings. The minimum atomic E-state index is -0.178. The van der Waals surface area contributed by atoms with E-state index in [0.717, 1.165) is 22.2 Å². The molecule has 34 heavy (non-hydrogen) atoms. The van der Waals surface area contributed by atoms with Crippen molar-refractivity contribution in [2.24, 2.45) is 0 Å². The van der Waals surface area contributed by atoms with Gasteiger partial charge in [0.2, 0.25) is 0 Å². The summed E-state index contributed by atoms with van der Waals surface area (Å²) in [6, 6.07) is 20.4. The van der Waals surface area contributed by atoms with Gasteiger partial charge in [-0.15, -0.1) is 0 Å². The molecule has 0 aliphatic rings. The van der Waals surface area contributed by atoms with E-state index < -0.39 is 0 Å². The number of rotatable bonds is 8. The second-order valence-electron chi connectivity index (χ2n) is 7.88. The second-order valence-corrected chi connectivity index (χ2v) is 7.88. The molecule has 4 aromatic rings. The number of amides is 1. The van der Waals surface area contributed by atoms with E-state index in [4.69, 9.17) is 9.47 Å². The number of hydrogen-bond donors (Lipinski definition) is 1. The average molecular weight is 458 g/mol. The third kappa shape index (κ3) is 4.93. The maximum Gasteiger partial charge on any atom is 0.272 e. The number of nitrogens with zero attached hydrogens (tertiary/aromatic N) is 2. The number of carbonyl (C=O) groups excluding carboxylic acids is 1. The molecule has 0 saturated heterocycles. The van der Waals surface area contributed by atoms with E-state index in [2.05, 4.69) is 10.3 Å². The summed E-state index contributed by atoms with van der Waals surface area (Å²) in [5.74, 6) is 1.13. The monoisotopic (exact) mass is 457 g/mol. The van der Waals surface area contributed by atoms with Gasteiger partial charge in [-0.05, 0) is 61.4 Å². The Kier molecular flexibility index (Phi) is 6.92. The van der Waals surface area contributed by atoms with Crippen LogP contribution in [-0.4, -0.2) is 29.2 Å². The van der Waals surface area contributed by atoms with E-state index >= 15 is 0 Å². The normalized spacial score (nSPS) is 10.8. The van der Waals surface area contributed by atoms with Crippen molar-refractivity contribution in [3.05, 3.63) is 99.5 Å². The highest BCUT2D eigenvalue weighted by Gasteiger charge is 2.11. The number of benzene rings is 3. The smallest absolute Gasteiger partial charge is 0.272 e. The molecule has 0 aliphatic heterocycles. The molecule has 1 amide bonds. The first-order chi connectivity index (χ1) is 16.5. The number of hydrogen-bond acceptors (Lipinski definition) is 5. The van der Waals surface area contributed by atoms with Crippen LogP contribution in [0.5, 0.6) is 11.5 Å². The maximum atomic E-state index is 12.7. The van der Waals surface area contributed by atoms with Crippen LogP contribution in [0.1, 0.15) is 34.1 Å². The van der Waals surface area contributed by atoms with Crippen molar-refractivity contribution >= 4 is 16.9 Å². The minimum Gasteiger partial charge on any atom is -0.493 e. The van der Waals surface area contributed by atoms with E-state index in [1.807, 2.05) is 61.5 Å². The van der Waals surface area contributed by atoms with Crippen LogP contribution in [-0.2, 0) is 13.1 Å². The van der Waals surface area contributed by atoms with E-state index in [1.54, 1.807) is 30.7 Å². The minimum absolute atomic E-state index is 0.119. The molecular weight excluding hydrogens is 430 g/mol. The van der Waals surface area contributed by atoms with E-state index in [1.165, 1.54) is 0 Å². The molecule has 7 nitrogen and oxygen atoms in total. The van der Waals surface area contributed by atoms with Gasteiger partial charge in [0.1, 0.15) is 5.69 Å². The highest BCUT2D eigenvalue weighted by molar-refractivity contribution is 5.94. The van der Waals surface area contributed by atoms with Crippen molar-refractivity contribution in [1.82, 2.24) is 14.9 Å². The molecule has 1 aromatic heterocycles. The zero-order chi connectivity index (χ0) is 24.1. The lowest BCUT2D eigenvalue weighted by Crippen LogP contribution is -2.25. The van der Waals surface area contributed by atoms with E-state index in [-0.39, 0.29) is 11.5 Å². The van der Waals surface area contributed by atoms with Crippen LogP contribution in [0.3, 0.4) is 0 Å². The predicted molar refractivity (Wildman–Crippen MR) is 132 cm³/mol. The third-order valence-electron chi connectivity index (χ3n) is 5.55. The fourth-order valence-electron chi connectivity index (χ4n) is 3.81. The van der Waals surface area contributed by atoms with Crippen LogP contribution in [0.15, 0.2) is 71.5 Å². The van der Waals surface area contributed by atoms with Gasteiger partial charge in [-0.1, -0.05) is 30.3 Å². The Morgan fingerprint density at radius 1 is 1.00 bits per heavy atom. The number of aromatic nitrogens is 2. The molecule has 1 N–H and O–H groups in total. The van der Waals surface area contributed by atoms with Crippen molar-refractivity contribution in [2.75, 3.05) is 13.7 Å².